The van der Waals surface area contributed by atoms with Crippen LogP contribution in [0.2, 0.25) is 0 Å². The monoisotopic (exact) mass is 298 g/mol. The van der Waals surface area contributed by atoms with Gasteiger partial charge in [-0.25, -0.2) is 0 Å². The second-order valence-corrected chi connectivity index (χ2v) is 7.27. The zero-order chi connectivity index (χ0) is 14.6. The van der Waals surface area contributed by atoms with Gasteiger partial charge in [0.1, 0.15) is 12.1 Å². The molecule has 0 radical (unpaired) electrons. The summed E-state index contributed by atoms with van der Waals surface area (Å²) in [5, 5.41) is 21.7. The van der Waals surface area contributed by atoms with E-state index in [0.717, 1.165) is 36.9 Å². The Bertz CT molecular complexity index is 350. The number of rotatable bonds is 5. The fraction of sp³-hybridized carbons (Fsp3) is 0.929. The molecule has 114 valence electrons. The van der Waals surface area contributed by atoms with Crippen LogP contribution in [0.15, 0.2) is 0 Å². The normalized spacial score (nSPS) is 34.6. The lowest BCUT2D eigenvalue weighted by Crippen LogP contribution is -2.59. The third-order valence-electron chi connectivity index (χ3n) is 4.63. The van der Waals surface area contributed by atoms with Gasteiger partial charge in [0, 0.05) is 31.0 Å². The molecule has 0 aromatic heterocycles. The van der Waals surface area contributed by atoms with Crippen molar-refractivity contribution >= 4 is 11.8 Å². The molecular weight excluding hydrogens is 272 g/mol. The second kappa shape index (κ2) is 7.10. The molecule has 6 heteroatoms. The first-order chi connectivity index (χ1) is 9.53. The van der Waals surface area contributed by atoms with Gasteiger partial charge in [-0.05, 0) is 18.8 Å². The van der Waals surface area contributed by atoms with E-state index in [4.69, 9.17) is 5.26 Å². The molecule has 1 saturated heterocycles. The number of nitrogens with zero attached hydrogens (tertiary/aromatic N) is 3. The largest absolute Gasteiger partial charge is 0.612 e. The predicted octanol–water partition coefficient (Wildman–Crippen LogP) is 1.91. The lowest BCUT2D eigenvalue weighted by atomic mass is 9.87. The van der Waals surface area contributed by atoms with E-state index in [1.165, 1.54) is 12.8 Å². The molecule has 1 aliphatic carbocycles. The molecule has 2 aliphatic rings. The molecule has 1 heterocycles. The standard InChI is InChI=1S/C14H26N4OS/c1-12-3-5-14(6-4-12)18(2,19)16-7-8-17-11-20-10-13(17)9-15/h12-14,16H,3-8,10-11H2,1-2H3. The van der Waals surface area contributed by atoms with Crippen LogP contribution in [0.3, 0.4) is 0 Å². The van der Waals surface area contributed by atoms with Gasteiger partial charge in [-0.1, -0.05) is 6.92 Å². The first-order valence-corrected chi connectivity index (χ1v) is 8.72. The molecule has 2 atom stereocenters. The number of nitrogens with one attached hydrogen (secondary N) is 1. The average Bonchev–Trinajstić information content (AvgIpc) is 2.86. The molecule has 20 heavy (non-hydrogen) atoms. The van der Waals surface area contributed by atoms with Crippen LogP contribution in [0.1, 0.15) is 32.6 Å². The van der Waals surface area contributed by atoms with Crippen molar-refractivity contribution in [3.05, 3.63) is 5.21 Å². The minimum absolute atomic E-state index is 0.0164. The van der Waals surface area contributed by atoms with Gasteiger partial charge in [0.25, 0.3) is 0 Å². The van der Waals surface area contributed by atoms with Crippen LogP contribution in [-0.4, -0.2) is 53.5 Å². The van der Waals surface area contributed by atoms with Gasteiger partial charge in [-0.2, -0.15) is 10.7 Å². The Balaban J connectivity index is 1.73. The van der Waals surface area contributed by atoms with E-state index in [2.05, 4.69) is 23.3 Å². The summed E-state index contributed by atoms with van der Waals surface area (Å²) in [6, 6.07) is 2.53. The average molecular weight is 298 g/mol. The van der Waals surface area contributed by atoms with Crippen LogP contribution in [0.5, 0.6) is 0 Å². The Labute approximate surface area is 126 Å². The lowest BCUT2D eigenvalue weighted by Gasteiger charge is -2.47. The third kappa shape index (κ3) is 4.09. The Morgan fingerprint density at radius 1 is 1.40 bits per heavy atom. The minimum atomic E-state index is -0.328. The fourth-order valence-electron chi connectivity index (χ4n) is 3.10. The van der Waals surface area contributed by atoms with Gasteiger partial charge in [0.2, 0.25) is 0 Å². The number of nitriles is 1. The topological polar surface area (TPSA) is 62.1 Å². The molecule has 2 fully saturated rings. The summed E-state index contributed by atoms with van der Waals surface area (Å²) >= 11 is 1.79. The van der Waals surface area contributed by atoms with Crippen molar-refractivity contribution in [2.45, 2.75) is 44.7 Å². The SMILES string of the molecule is CC1CCC([N+](C)([O-])NCCN2CSCC2C#N)CC1. The van der Waals surface area contributed by atoms with E-state index in [1.807, 2.05) is 0 Å². The van der Waals surface area contributed by atoms with Crippen LogP contribution >= 0.6 is 11.8 Å². The van der Waals surface area contributed by atoms with Crippen LogP contribution in [0.4, 0.5) is 0 Å². The lowest BCUT2D eigenvalue weighted by molar-refractivity contribution is -0.931. The molecule has 1 saturated carbocycles. The molecule has 0 aromatic carbocycles. The Hall–Kier alpha value is -0.320. The number of quaternary nitrogens is 1. The number of thioether (sulfide) groups is 1. The number of hydrogen-bond donors (Lipinski definition) is 1. The van der Waals surface area contributed by atoms with Crippen molar-refractivity contribution in [2.24, 2.45) is 5.92 Å². The summed E-state index contributed by atoms with van der Waals surface area (Å²) in [4.78, 5) is 2.15. The molecule has 0 aromatic rings. The second-order valence-electron chi connectivity index (χ2n) is 6.27. The highest BCUT2D eigenvalue weighted by Gasteiger charge is 2.30. The third-order valence-corrected chi connectivity index (χ3v) is 5.70. The number of hydrogen-bond acceptors (Lipinski definition) is 5. The first kappa shape index (κ1) is 16.1. The molecule has 5 nitrogen and oxygen atoms in total. The summed E-state index contributed by atoms with van der Waals surface area (Å²) in [6.07, 6.45) is 4.38. The highest BCUT2D eigenvalue weighted by Crippen LogP contribution is 2.28. The van der Waals surface area contributed by atoms with Gasteiger partial charge >= 0.3 is 0 Å². The number of hydroxylamine groups is 2. The highest BCUT2D eigenvalue weighted by molar-refractivity contribution is 7.99. The zero-order valence-electron chi connectivity index (χ0n) is 12.5. The predicted molar refractivity (Wildman–Crippen MR) is 82.4 cm³/mol. The maximum atomic E-state index is 12.6. The van der Waals surface area contributed by atoms with Crippen molar-refractivity contribution in [3.63, 3.8) is 0 Å². The summed E-state index contributed by atoms with van der Waals surface area (Å²) in [5.41, 5.74) is 3.14. The minimum Gasteiger partial charge on any atom is -0.612 e. The van der Waals surface area contributed by atoms with E-state index < -0.39 is 0 Å². The van der Waals surface area contributed by atoms with Crippen molar-refractivity contribution in [3.8, 4) is 6.07 Å². The van der Waals surface area contributed by atoms with Gasteiger partial charge in [-0.3, -0.25) is 9.66 Å². The summed E-state index contributed by atoms with van der Waals surface area (Å²) in [6.45, 7) is 3.71. The van der Waals surface area contributed by atoms with Gasteiger partial charge in [-0.15, -0.1) is 11.8 Å². The molecule has 2 rings (SSSR count). The first-order valence-electron chi connectivity index (χ1n) is 7.56. The van der Waals surface area contributed by atoms with Crippen LogP contribution < -0.4 is 5.43 Å². The van der Waals surface area contributed by atoms with Crippen LogP contribution in [0, 0.1) is 22.5 Å². The smallest absolute Gasteiger partial charge is 0.108 e. The molecule has 2 unspecified atom stereocenters. The van der Waals surface area contributed by atoms with Gasteiger partial charge in [0.15, 0.2) is 0 Å². The van der Waals surface area contributed by atoms with Gasteiger partial charge < -0.3 is 5.21 Å². The maximum Gasteiger partial charge on any atom is 0.108 e. The van der Waals surface area contributed by atoms with Crippen molar-refractivity contribution < 1.29 is 4.76 Å². The van der Waals surface area contributed by atoms with Gasteiger partial charge in [0.05, 0.1) is 19.7 Å². The van der Waals surface area contributed by atoms with E-state index in [1.54, 1.807) is 18.8 Å². The molecule has 0 amide bonds. The molecule has 0 spiro atoms. The van der Waals surface area contributed by atoms with E-state index >= 15 is 0 Å². The van der Waals surface area contributed by atoms with E-state index in [9.17, 15) is 5.21 Å². The van der Waals surface area contributed by atoms with E-state index in [-0.39, 0.29) is 16.8 Å². The summed E-state index contributed by atoms with van der Waals surface area (Å²) < 4.78 is -0.328. The summed E-state index contributed by atoms with van der Waals surface area (Å²) in [7, 11) is 1.74. The fourth-order valence-corrected chi connectivity index (χ4v) is 4.25. The molecular formula is C14H26N4OS. The molecule has 1 N–H and O–H groups in total. The Morgan fingerprint density at radius 2 is 2.10 bits per heavy atom. The Kier molecular flexibility index (Phi) is 5.70. The Morgan fingerprint density at radius 3 is 2.75 bits per heavy atom. The summed E-state index contributed by atoms with van der Waals surface area (Å²) in [5.74, 6) is 2.56. The quantitative estimate of drug-likeness (QED) is 0.620. The van der Waals surface area contributed by atoms with Crippen LogP contribution in [-0.2, 0) is 0 Å². The van der Waals surface area contributed by atoms with Crippen molar-refractivity contribution in [1.29, 1.82) is 5.26 Å². The maximum absolute atomic E-state index is 12.6. The van der Waals surface area contributed by atoms with Crippen LogP contribution in [0.25, 0.3) is 0 Å². The van der Waals surface area contributed by atoms with Crippen molar-refractivity contribution in [1.82, 2.24) is 10.3 Å². The zero-order valence-corrected chi connectivity index (χ0v) is 13.4. The molecule has 0 bridgehead atoms. The van der Waals surface area contributed by atoms with E-state index in [0.29, 0.717) is 6.54 Å². The van der Waals surface area contributed by atoms with Crippen molar-refractivity contribution in [2.75, 3.05) is 31.8 Å². The molecule has 1 aliphatic heterocycles. The highest BCUT2D eigenvalue weighted by atomic mass is 32.2.